The molecule has 0 spiro atoms. The highest BCUT2D eigenvalue weighted by atomic mass is 15.0. The summed E-state index contributed by atoms with van der Waals surface area (Å²) in [5.74, 6) is 0. The summed E-state index contributed by atoms with van der Waals surface area (Å²) < 4.78 is 4.17. The first-order valence-electron chi connectivity index (χ1n) is 12.5. The van der Waals surface area contributed by atoms with Crippen LogP contribution in [-0.2, 0) is 0 Å². The summed E-state index contributed by atoms with van der Waals surface area (Å²) in [4.78, 5) is 0. The fourth-order valence-electron chi connectivity index (χ4n) is 5.81. The summed E-state index contributed by atoms with van der Waals surface area (Å²) in [7, 11) is 0. The third-order valence-electron chi connectivity index (χ3n) is 7.43. The Hall–Kier alpha value is -6.34. The topological polar surface area (TPSA) is 105 Å². The Bertz CT molecular complexity index is 2320. The second kappa shape index (κ2) is 8.61. The van der Waals surface area contributed by atoms with E-state index >= 15 is 0 Å². The van der Waals surface area contributed by atoms with Gasteiger partial charge in [0.1, 0.15) is 12.1 Å². The molecule has 0 amide bonds. The highest BCUT2D eigenvalue weighted by Gasteiger charge is 2.23. The molecule has 2 aromatic heterocycles. The number of nitriles is 4. The van der Waals surface area contributed by atoms with E-state index in [1.54, 1.807) is 12.1 Å². The van der Waals surface area contributed by atoms with E-state index in [1.807, 2.05) is 53.1 Å². The van der Waals surface area contributed by atoms with Crippen LogP contribution in [0, 0.1) is 45.3 Å². The van der Waals surface area contributed by atoms with E-state index in [-0.39, 0.29) is 16.7 Å². The number of rotatable bonds is 2. The Balaban J connectivity index is 1.74. The number of para-hydroxylation sites is 2. The van der Waals surface area contributed by atoms with Crippen molar-refractivity contribution in [1.29, 1.82) is 21.0 Å². The molecule has 6 heteroatoms. The molecule has 0 aliphatic heterocycles. The summed E-state index contributed by atoms with van der Waals surface area (Å²) in [6.07, 6.45) is 0. The van der Waals surface area contributed by atoms with E-state index in [4.69, 9.17) is 0 Å². The SMILES string of the molecule is N#Cc1ccc(-n2c3ccccc3c3c2ccc2c4ccccc4n(-c4c(C#N)cc(C#N)cc4C#N)c23)cc1. The minimum Gasteiger partial charge on any atom is -0.309 e. The van der Waals surface area contributed by atoms with E-state index in [9.17, 15) is 21.0 Å². The second-order valence-corrected chi connectivity index (χ2v) is 9.48. The zero-order valence-corrected chi connectivity index (χ0v) is 20.9. The second-order valence-electron chi connectivity index (χ2n) is 9.48. The zero-order valence-electron chi connectivity index (χ0n) is 20.9. The van der Waals surface area contributed by atoms with Gasteiger partial charge in [0.25, 0.3) is 0 Å². The highest BCUT2D eigenvalue weighted by Crippen LogP contribution is 2.42. The monoisotopic (exact) mass is 508 g/mol. The Labute approximate surface area is 228 Å². The standard InChI is InChI=1S/C34H16N6/c35-17-21-9-11-25(12-10-21)39-30-8-4-2-6-28(30)32-31(39)14-13-27-26-5-1-3-7-29(26)40(34(27)32)33-23(19-37)15-22(18-36)16-24(33)20-38/h1-16H. The first kappa shape index (κ1) is 22.8. The molecular formula is C34H16N6. The van der Waals surface area contributed by atoms with Crippen LogP contribution >= 0.6 is 0 Å². The fourth-order valence-corrected chi connectivity index (χ4v) is 5.81. The van der Waals surface area contributed by atoms with Crippen molar-refractivity contribution < 1.29 is 0 Å². The normalized spacial score (nSPS) is 10.9. The molecule has 0 aliphatic rings. The molecule has 2 heterocycles. The Morgan fingerprint density at radius 1 is 0.475 bits per heavy atom. The van der Waals surface area contributed by atoms with Crippen LogP contribution in [0.2, 0.25) is 0 Å². The van der Waals surface area contributed by atoms with E-state index in [2.05, 4.69) is 53.1 Å². The largest absolute Gasteiger partial charge is 0.309 e. The minimum absolute atomic E-state index is 0.256. The molecule has 7 rings (SSSR count). The molecule has 5 aromatic carbocycles. The van der Waals surface area contributed by atoms with E-state index < -0.39 is 0 Å². The van der Waals surface area contributed by atoms with Crippen molar-refractivity contribution in [2.45, 2.75) is 0 Å². The van der Waals surface area contributed by atoms with Gasteiger partial charge in [0, 0.05) is 27.2 Å². The van der Waals surface area contributed by atoms with Crippen molar-refractivity contribution in [3.8, 4) is 35.7 Å². The maximum absolute atomic E-state index is 10.2. The summed E-state index contributed by atoms with van der Waals surface area (Å²) in [6.45, 7) is 0. The van der Waals surface area contributed by atoms with Crippen molar-refractivity contribution in [2.75, 3.05) is 0 Å². The molecule has 0 N–H and O–H groups in total. The molecule has 0 radical (unpaired) electrons. The summed E-state index contributed by atoms with van der Waals surface area (Å²) in [6, 6.07) is 39.6. The average molecular weight is 509 g/mol. The van der Waals surface area contributed by atoms with E-state index in [1.165, 1.54) is 12.1 Å². The number of fused-ring (bicyclic) bond motifs is 7. The van der Waals surface area contributed by atoms with Crippen LogP contribution in [0.4, 0.5) is 0 Å². The maximum Gasteiger partial charge on any atom is 0.101 e. The van der Waals surface area contributed by atoms with Crippen molar-refractivity contribution >= 4 is 43.6 Å². The Morgan fingerprint density at radius 3 is 1.70 bits per heavy atom. The highest BCUT2D eigenvalue weighted by molar-refractivity contribution is 6.26. The van der Waals surface area contributed by atoms with Gasteiger partial charge in [-0.25, -0.2) is 0 Å². The lowest BCUT2D eigenvalue weighted by atomic mass is 10.0. The first-order chi connectivity index (χ1) is 19.7. The summed E-state index contributed by atoms with van der Waals surface area (Å²) in [5, 5.41) is 43.2. The quantitative estimate of drug-likeness (QED) is 0.243. The summed E-state index contributed by atoms with van der Waals surface area (Å²) >= 11 is 0. The van der Waals surface area contributed by atoms with Crippen LogP contribution in [0.5, 0.6) is 0 Å². The van der Waals surface area contributed by atoms with Crippen molar-refractivity contribution in [3.05, 3.63) is 119 Å². The molecule has 182 valence electrons. The average Bonchev–Trinajstić information content (AvgIpc) is 3.53. The molecule has 0 saturated carbocycles. The number of aromatic nitrogens is 2. The van der Waals surface area contributed by atoms with Gasteiger partial charge in [-0.3, -0.25) is 0 Å². The molecule has 0 atom stereocenters. The minimum atomic E-state index is 0.256. The van der Waals surface area contributed by atoms with Crippen molar-refractivity contribution in [2.24, 2.45) is 0 Å². The molecule has 0 fully saturated rings. The van der Waals surface area contributed by atoms with Gasteiger partial charge in [-0.2, -0.15) is 21.0 Å². The van der Waals surface area contributed by atoms with Gasteiger partial charge < -0.3 is 9.13 Å². The van der Waals surface area contributed by atoms with Gasteiger partial charge in [-0.05, 0) is 54.6 Å². The maximum atomic E-state index is 10.2. The molecule has 0 unspecified atom stereocenters. The predicted molar refractivity (Wildman–Crippen MR) is 154 cm³/mol. The third kappa shape index (κ3) is 3.06. The summed E-state index contributed by atoms with van der Waals surface area (Å²) in [5.41, 5.74) is 6.41. The van der Waals surface area contributed by atoms with Gasteiger partial charge in [-0.1, -0.05) is 42.5 Å². The smallest absolute Gasteiger partial charge is 0.101 e. The van der Waals surface area contributed by atoms with Gasteiger partial charge >= 0.3 is 0 Å². The van der Waals surface area contributed by atoms with Gasteiger partial charge in [0.05, 0.1) is 62.1 Å². The van der Waals surface area contributed by atoms with Gasteiger partial charge in [0.2, 0.25) is 0 Å². The lowest BCUT2D eigenvalue weighted by Gasteiger charge is -2.13. The lowest BCUT2D eigenvalue weighted by Crippen LogP contribution is -2.02. The first-order valence-corrected chi connectivity index (χ1v) is 12.5. The molecule has 6 nitrogen and oxygen atoms in total. The molecule has 0 bridgehead atoms. The number of nitrogens with zero attached hydrogens (tertiary/aromatic N) is 6. The number of hydrogen-bond acceptors (Lipinski definition) is 4. The van der Waals surface area contributed by atoms with E-state index in [0.717, 1.165) is 49.3 Å². The third-order valence-corrected chi connectivity index (χ3v) is 7.43. The molecule has 0 saturated heterocycles. The Morgan fingerprint density at radius 2 is 1.07 bits per heavy atom. The van der Waals surface area contributed by atoms with E-state index in [0.29, 0.717) is 11.3 Å². The van der Waals surface area contributed by atoms with Crippen LogP contribution in [0.15, 0.2) is 97.1 Å². The van der Waals surface area contributed by atoms with Crippen LogP contribution in [-0.4, -0.2) is 9.13 Å². The van der Waals surface area contributed by atoms with Gasteiger partial charge in [-0.15, -0.1) is 0 Å². The van der Waals surface area contributed by atoms with Gasteiger partial charge in [0.15, 0.2) is 0 Å². The van der Waals surface area contributed by atoms with Crippen LogP contribution in [0.1, 0.15) is 22.3 Å². The molecular weight excluding hydrogens is 492 g/mol. The lowest BCUT2D eigenvalue weighted by molar-refractivity contribution is 1.15. The molecule has 7 aromatic rings. The number of benzene rings is 5. The van der Waals surface area contributed by atoms with Crippen LogP contribution < -0.4 is 0 Å². The van der Waals surface area contributed by atoms with Crippen LogP contribution in [0.25, 0.3) is 55.0 Å². The molecule has 40 heavy (non-hydrogen) atoms. The van der Waals surface area contributed by atoms with Crippen LogP contribution in [0.3, 0.4) is 0 Å². The van der Waals surface area contributed by atoms with Crippen molar-refractivity contribution in [3.63, 3.8) is 0 Å². The number of hydrogen-bond donors (Lipinski definition) is 0. The van der Waals surface area contributed by atoms with Crippen molar-refractivity contribution in [1.82, 2.24) is 9.13 Å². The zero-order chi connectivity index (χ0) is 27.4. The predicted octanol–water partition coefficient (Wildman–Crippen LogP) is 7.37. The Kier molecular flexibility index (Phi) is 4.91. The fraction of sp³-hybridized carbons (Fsp3) is 0. The molecule has 0 aliphatic carbocycles.